The van der Waals surface area contributed by atoms with Gasteiger partial charge in [0.1, 0.15) is 36.3 Å². The molecule has 3 aromatic carbocycles. The van der Waals surface area contributed by atoms with E-state index in [0.29, 0.717) is 24.0 Å². The van der Waals surface area contributed by atoms with Gasteiger partial charge in [-0.3, -0.25) is 33.6 Å². The Hall–Kier alpha value is -6.01. The van der Waals surface area contributed by atoms with Gasteiger partial charge in [-0.1, -0.05) is 78.9 Å². The Morgan fingerprint density at radius 3 is 1.59 bits per heavy atom. The zero-order chi connectivity index (χ0) is 52.0. The summed E-state index contributed by atoms with van der Waals surface area (Å²) in [5.74, 6) is -5.96. The summed E-state index contributed by atoms with van der Waals surface area (Å²) in [5, 5.41) is 49.2. The number of amides is 7. The lowest BCUT2D eigenvalue weighted by atomic mass is 10.0. The predicted molar refractivity (Wildman–Crippen MR) is 275 cm³/mol. The van der Waals surface area contributed by atoms with Crippen molar-refractivity contribution in [2.24, 2.45) is 11.5 Å². The van der Waals surface area contributed by atoms with Crippen LogP contribution in [-0.4, -0.2) is 147 Å². The molecule has 1 heterocycles. The number of carbonyl (C=O) groups is 7. The lowest BCUT2D eigenvalue weighted by molar-refractivity contribution is -0.136. The number of para-hydroxylation sites is 1. The molecule has 0 fully saturated rings. The Bertz CT molecular complexity index is 2360. The van der Waals surface area contributed by atoms with Crippen molar-refractivity contribution in [3.63, 3.8) is 0 Å². The number of nitrogens with one attached hydrogen (secondary N) is 8. The van der Waals surface area contributed by atoms with E-state index >= 15 is 0 Å². The van der Waals surface area contributed by atoms with Crippen LogP contribution in [0.1, 0.15) is 49.8 Å². The van der Waals surface area contributed by atoms with Crippen molar-refractivity contribution < 1.29 is 48.9 Å². The van der Waals surface area contributed by atoms with Gasteiger partial charge in [0.25, 0.3) is 0 Å². The number of hydrogen-bond donors (Lipinski definition) is 15. The maximum atomic E-state index is 14.6. The van der Waals surface area contributed by atoms with Gasteiger partial charge in [0.2, 0.25) is 41.4 Å². The molecular formula is C49H68N10O10S2. The Morgan fingerprint density at radius 2 is 1.04 bits per heavy atom. The van der Waals surface area contributed by atoms with E-state index in [1.807, 2.05) is 54.6 Å². The molecule has 22 heteroatoms. The first-order valence-corrected chi connectivity index (χ1v) is 24.7. The van der Waals surface area contributed by atoms with E-state index in [9.17, 15) is 48.9 Å². The number of benzene rings is 3. The molecule has 0 spiro atoms. The summed E-state index contributed by atoms with van der Waals surface area (Å²) >= 11 is 8.47. The zero-order valence-corrected chi connectivity index (χ0v) is 41.5. The van der Waals surface area contributed by atoms with Crippen LogP contribution in [0.25, 0.3) is 10.9 Å². The topological polar surface area (TPSA) is 332 Å². The molecule has 10 atom stereocenters. The fourth-order valence-electron chi connectivity index (χ4n) is 7.52. The number of nitrogens with two attached hydrogens (primary N) is 2. The van der Waals surface area contributed by atoms with Gasteiger partial charge in [-0.25, -0.2) is 0 Å². The second kappa shape index (κ2) is 29.4. The first-order chi connectivity index (χ1) is 34.0. The Morgan fingerprint density at radius 1 is 0.563 bits per heavy atom. The highest BCUT2D eigenvalue weighted by Gasteiger charge is 2.35. The highest BCUT2D eigenvalue weighted by molar-refractivity contribution is 7.80. The van der Waals surface area contributed by atoms with Crippen LogP contribution in [-0.2, 0) is 52.8 Å². The minimum atomic E-state index is -1.65. The molecule has 71 heavy (non-hydrogen) atoms. The predicted octanol–water partition coefficient (Wildman–Crippen LogP) is -1.34. The number of H-pyrrole nitrogens is 1. The maximum absolute atomic E-state index is 14.6. The van der Waals surface area contributed by atoms with Crippen molar-refractivity contribution in [2.75, 3.05) is 24.7 Å². The molecule has 1 aromatic heterocycles. The van der Waals surface area contributed by atoms with Crippen molar-refractivity contribution in [2.45, 2.75) is 113 Å². The van der Waals surface area contributed by atoms with Crippen molar-refractivity contribution in [3.8, 4) is 0 Å². The van der Waals surface area contributed by atoms with Crippen LogP contribution in [0, 0.1) is 0 Å². The van der Waals surface area contributed by atoms with Gasteiger partial charge in [-0.15, -0.1) is 0 Å². The van der Waals surface area contributed by atoms with Crippen LogP contribution in [0.2, 0.25) is 0 Å². The molecule has 8 unspecified atom stereocenters. The fourth-order valence-corrected chi connectivity index (χ4v) is 8.03. The quantitative estimate of drug-likeness (QED) is 0.0222. The molecule has 0 bridgehead atoms. The number of aromatic amines is 1. The lowest BCUT2D eigenvalue weighted by Gasteiger charge is -2.28. The van der Waals surface area contributed by atoms with Gasteiger partial charge < -0.3 is 69.0 Å². The summed E-state index contributed by atoms with van der Waals surface area (Å²) in [5.41, 5.74) is 14.8. The molecule has 20 nitrogen and oxygen atoms in total. The average Bonchev–Trinajstić information content (AvgIpc) is 3.77. The number of hydrogen-bond acceptors (Lipinski definition) is 14. The fraction of sp³-hybridized carbons (Fsp3) is 0.449. The third kappa shape index (κ3) is 18.0. The number of carbonyl (C=O) groups excluding carboxylic acids is 7. The van der Waals surface area contributed by atoms with Gasteiger partial charge in [0.15, 0.2) is 0 Å². The van der Waals surface area contributed by atoms with Crippen molar-refractivity contribution in [3.05, 3.63) is 108 Å². The van der Waals surface area contributed by atoms with Gasteiger partial charge in [0.05, 0.1) is 30.9 Å². The second-order valence-corrected chi connectivity index (χ2v) is 18.0. The SMILES string of the molecule is CC(O)C(NC(=O)C(CCCCN)NC(=O)C(Cc1c[nH]c2ccccc12)NC(=O)C(Cc1ccccc1)NC(=O)C(CS)NC(=O)C(N)Cc1ccccc1)C(=O)NC(CS)C(=O)N[C@H](CO)[C@@H](C)O. The van der Waals surface area contributed by atoms with Crippen LogP contribution < -0.4 is 48.7 Å². The number of aliphatic hydroxyl groups is 3. The van der Waals surface area contributed by atoms with Gasteiger partial charge in [0, 0.05) is 41.4 Å². The molecule has 0 saturated heterocycles. The highest BCUT2D eigenvalue weighted by Crippen LogP contribution is 2.20. The van der Waals surface area contributed by atoms with Crippen LogP contribution in [0.3, 0.4) is 0 Å². The van der Waals surface area contributed by atoms with E-state index in [1.165, 1.54) is 13.8 Å². The molecule has 0 radical (unpaired) electrons. The molecule has 4 rings (SSSR count). The van der Waals surface area contributed by atoms with E-state index < -0.39 is 108 Å². The smallest absolute Gasteiger partial charge is 0.245 e. The minimum Gasteiger partial charge on any atom is -0.394 e. The van der Waals surface area contributed by atoms with Crippen LogP contribution in [0.4, 0.5) is 0 Å². The van der Waals surface area contributed by atoms with Gasteiger partial charge in [-0.2, -0.15) is 25.3 Å². The summed E-state index contributed by atoms with van der Waals surface area (Å²) in [7, 11) is 0. The first kappa shape index (κ1) is 57.6. The Balaban J connectivity index is 1.61. The summed E-state index contributed by atoms with van der Waals surface area (Å²) in [6, 6.07) is 15.0. The summed E-state index contributed by atoms with van der Waals surface area (Å²) in [4.78, 5) is 100. The van der Waals surface area contributed by atoms with Crippen LogP contribution in [0.5, 0.6) is 0 Å². The lowest BCUT2D eigenvalue weighted by Crippen LogP contribution is -2.62. The van der Waals surface area contributed by atoms with Crippen molar-refractivity contribution in [1.82, 2.24) is 42.2 Å². The zero-order valence-electron chi connectivity index (χ0n) is 39.8. The summed E-state index contributed by atoms with van der Waals surface area (Å²) in [6.45, 7) is 2.25. The van der Waals surface area contributed by atoms with E-state index in [4.69, 9.17) is 11.5 Å². The number of thiol groups is 2. The third-order valence-electron chi connectivity index (χ3n) is 11.7. The number of unbranched alkanes of at least 4 members (excludes halogenated alkanes) is 1. The molecule has 15 N–H and O–H groups in total. The maximum Gasteiger partial charge on any atom is 0.245 e. The number of aliphatic hydroxyl groups excluding tert-OH is 3. The molecule has 0 aliphatic heterocycles. The molecule has 386 valence electrons. The Labute approximate surface area is 423 Å². The third-order valence-corrected chi connectivity index (χ3v) is 12.4. The average molecular weight is 1020 g/mol. The summed E-state index contributed by atoms with van der Waals surface area (Å²) < 4.78 is 0. The molecular weight excluding hydrogens is 953 g/mol. The van der Waals surface area contributed by atoms with Crippen LogP contribution >= 0.6 is 25.3 Å². The first-order valence-electron chi connectivity index (χ1n) is 23.4. The number of aromatic nitrogens is 1. The number of fused-ring (bicyclic) bond motifs is 1. The van der Waals surface area contributed by atoms with Crippen molar-refractivity contribution in [1.29, 1.82) is 0 Å². The molecule has 0 aliphatic rings. The monoisotopic (exact) mass is 1020 g/mol. The van der Waals surface area contributed by atoms with Crippen LogP contribution in [0.15, 0.2) is 91.1 Å². The van der Waals surface area contributed by atoms with E-state index in [0.717, 1.165) is 16.5 Å². The number of rotatable bonds is 29. The van der Waals surface area contributed by atoms with Gasteiger partial charge in [-0.05, 0) is 68.8 Å². The molecule has 4 aromatic rings. The van der Waals surface area contributed by atoms with E-state index in [1.54, 1.807) is 36.5 Å². The highest BCUT2D eigenvalue weighted by atomic mass is 32.1. The standard InChI is InChI=1S/C49H68N10O10S2/c1-28(61)39(25-60)56-48(68)41(27-71)58-49(69)42(29(2)62)59-44(64)36(19-11-12-20-50)53-46(66)38(23-32-24-52-35-18-10-9-17-33(32)35)55-45(65)37(22-31-15-7-4-8-16-31)54-47(67)40(26-70)57-43(63)34(51)21-30-13-5-3-6-14-30/h3-10,13-18,24,28-29,34,36-42,52,60-62,70-71H,11-12,19-23,25-27,50-51H2,1-2H3,(H,53,66)(H,54,67)(H,55,65)(H,56,68)(H,57,63)(H,58,69)(H,59,64)/t28-,29?,34?,36?,37?,38?,39-,40?,41?,42?/m1/s1. The normalized spacial score (nSPS) is 15.5. The molecule has 0 saturated carbocycles. The summed E-state index contributed by atoms with van der Waals surface area (Å²) in [6.07, 6.45) is -0.0947. The Kier molecular flexibility index (Phi) is 23.8. The largest absolute Gasteiger partial charge is 0.394 e. The van der Waals surface area contributed by atoms with E-state index in [-0.39, 0.29) is 43.7 Å². The van der Waals surface area contributed by atoms with Gasteiger partial charge >= 0.3 is 0 Å². The van der Waals surface area contributed by atoms with E-state index in [2.05, 4.69) is 67.5 Å². The minimum absolute atomic E-state index is 0.0127. The second-order valence-electron chi connectivity index (χ2n) is 17.3. The van der Waals surface area contributed by atoms with Crippen molar-refractivity contribution >= 4 is 77.5 Å². The molecule has 0 aliphatic carbocycles. The molecule has 7 amide bonds.